The summed E-state index contributed by atoms with van der Waals surface area (Å²) in [6.45, 7) is 4.84. The highest BCUT2D eigenvalue weighted by Crippen LogP contribution is 2.30. The number of amides is 2. The average Bonchev–Trinajstić information content (AvgIpc) is 3.38. The molecule has 0 spiro atoms. The number of rotatable bonds is 8. The van der Waals surface area contributed by atoms with Crippen LogP contribution in [0.2, 0.25) is 5.02 Å². The lowest BCUT2D eigenvalue weighted by atomic mass is 9.93. The molecule has 1 aromatic carbocycles. The van der Waals surface area contributed by atoms with Crippen molar-refractivity contribution in [3.8, 4) is 0 Å². The minimum atomic E-state index is -1.51. The van der Waals surface area contributed by atoms with Crippen molar-refractivity contribution in [2.75, 3.05) is 19.8 Å². The Morgan fingerprint density at radius 2 is 2.18 bits per heavy atom. The van der Waals surface area contributed by atoms with E-state index in [1.165, 1.54) is 20.8 Å². The molecule has 2 heterocycles. The summed E-state index contributed by atoms with van der Waals surface area (Å²) in [6.07, 6.45) is 1.78. The van der Waals surface area contributed by atoms with Gasteiger partial charge in [-0.15, -0.1) is 0 Å². The number of aliphatic hydroxyl groups is 2. The van der Waals surface area contributed by atoms with Crippen LogP contribution in [0, 0.1) is 0 Å². The molecule has 0 aliphatic carbocycles. The van der Waals surface area contributed by atoms with Crippen LogP contribution in [-0.4, -0.2) is 81.8 Å². The summed E-state index contributed by atoms with van der Waals surface area (Å²) >= 11 is 6.10. The predicted octanol–water partition coefficient (Wildman–Crippen LogP) is 0.636. The molecule has 9 nitrogen and oxygen atoms in total. The van der Waals surface area contributed by atoms with Crippen molar-refractivity contribution >= 4 is 29.3 Å². The third-order valence-electron chi connectivity index (χ3n) is 6.03. The van der Waals surface area contributed by atoms with Gasteiger partial charge in [0.15, 0.2) is 0 Å². The number of hydrogen-bond donors (Lipinski definition) is 4. The third-order valence-corrected chi connectivity index (χ3v) is 6.26. The second-order valence-electron chi connectivity index (χ2n) is 9.50. The van der Waals surface area contributed by atoms with E-state index in [0.717, 1.165) is 12.0 Å². The Labute approximate surface area is 198 Å². The molecule has 10 heteroatoms. The summed E-state index contributed by atoms with van der Waals surface area (Å²) in [4.78, 5) is 31.9. The maximum Gasteiger partial charge on any atom is 0.248 e. The molecule has 1 aromatic rings. The van der Waals surface area contributed by atoms with Gasteiger partial charge in [-0.3, -0.25) is 9.59 Å². The van der Waals surface area contributed by atoms with Crippen LogP contribution in [0.1, 0.15) is 39.2 Å². The first-order chi connectivity index (χ1) is 15.5. The first-order valence-electron chi connectivity index (χ1n) is 11.1. The molecule has 0 aromatic heterocycles. The van der Waals surface area contributed by atoms with E-state index >= 15 is 0 Å². The van der Waals surface area contributed by atoms with Gasteiger partial charge in [-0.2, -0.15) is 0 Å². The molecule has 0 radical (unpaired) electrons. The molecule has 5 N–H and O–H groups in total. The Morgan fingerprint density at radius 3 is 2.79 bits per heavy atom. The fourth-order valence-electron chi connectivity index (χ4n) is 4.20. The van der Waals surface area contributed by atoms with Crippen LogP contribution in [0.3, 0.4) is 0 Å². The monoisotopic (exact) mass is 480 g/mol. The van der Waals surface area contributed by atoms with Gasteiger partial charge in [-0.1, -0.05) is 23.7 Å². The standard InChI is InChI=1S/C23H33ClN4O5/c1-14(25)19(30)26-18(22(2,3)32)21(31)28-9-5-8-17(28)20-27-23(12-29,13-33-20)11-15-6-4-7-16(24)10-15/h4,6-7,10,14,17-18,29,32H,5,8-9,11-13,25H2,1-3H3,(H,26,30)/t14-,17-,18+,23-/m0/s1. The Balaban J connectivity index is 1.82. The molecule has 0 saturated carbocycles. The van der Waals surface area contributed by atoms with Crippen LogP contribution >= 0.6 is 11.6 Å². The lowest BCUT2D eigenvalue weighted by molar-refractivity contribution is -0.143. The van der Waals surface area contributed by atoms with Gasteiger partial charge < -0.3 is 30.9 Å². The molecule has 2 amide bonds. The molecular formula is C23H33ClN4O5. The van der Waals surface area contributed by atoms with Crippen molar-refractivity contribution in [2.24, 2.45) is 10.7 Å². The number of halogens is 1. The first kappa shape index (κ1) is 25.4. The molecule has 33 heavy (non-hydrogen) atoms. The Hall–Kier alpha value is -2.20. The molecule has 1 saturated heterocycles. The van der Waals surface area contributed by atoms with Gasteiger partial charge in [0, 0.05) is 18.0 Å². The van der Waals surface area contributed by atoms with Crippen molar-refractivity contribution in [1.29, 1.82) is 0 Å². The maximum atomic E-state index is 13.4. The van der Waals surface area contributed by atoms with Gasteiger partial charge in [-0.25, -0.2) is 4.99 Å². The zero-order chi connectivity index (χ0) is 24.4. The van der Waals surface area contributed by atoms with Crippen LogP contribution in [0.5, 0.6) is 0 Å². The van der Waals surface area contributed by atoms with Gasteiger partial charge in [0.25, 0.3) is 0 Å². The minimum Gasteiger partial charge on any atom is -0.477 e. The molecule has 0 unspecified atom stereocenters. The van der Waals surface area contributed by atoms with Crippen molar-refractivity contribution < 1.29 is 24.5 Å². The molecule has 0 bridgehead atoms. The second-order valence-corrected chi connectivity index (χ2v) is 9.94. The Bertz CT molecular complexity index is 916. The highest BCUT2D eigenvalue weighted by Gasteiger charge is 2.46. The quantitative estimate of drug-likeness (QED) is 0.430. The largest absolute Gasteiger partial charge is 0.477 e. The zero-order valence-corrected chi connectivity index (χ0v) is 20.0. The van der Waals surface area contributed by atoms with Crippen molar-refractivity contribution in [3.05, 3.63) is 34.9 Å². The third kappa shape index (κ3) is 5.84. The molecule has 4 atom stereocenters. The highest BCUT2D eigenvalue weighted by molar-refractivity contribution is 6.30. The molecular weight excluding hydrogens is 448 g/mol. The van der Waals surface area contributed by atoms with E-state index < -0.39 is 41.1 Å². The SMILES string of the molecule is C[C@H](N)C(=O)N[C@H](C(=O)N1CCC[C@H]1C1=N[C@](CO)(Cc2cccc(Cl)c2)CO1)C(C)(C)O. The van der Waals surface area contributed by atoms with E-state index in [9.17, 15) is 19.8 Å². The van der Waals surface area contributed by atoms with Gasteiger partial charge >= 0.3 is 0 Å². The van der Waals surface area contributed by atoms with Crippen LogP contribution in [0.25, 0.3) is 0 Å². The number of benzene rings is 1. The normalized spacial score (nSPS) is 24.8. The number of nitrogens with zero attached hydrogens (tertiary/aromatic N) is 2. The number of aliphatic hydroxyl groups excluding tert-OH is 1. The van der Waals surface area contributed by atoms with Crippen LogP contribution in [0.15, 0.2) is 29.3 Å². The average molecular weight is 481 g/mol. The van der Waals surface area contributed by atoms with Crippen LogP contribution in [-0.2, 0) is 20.7 Å². The number of carbonyl (C=O) groups is 2. The van der Waals surface area contributed by atoms with Gasteiger partial charge in [0.05, 0.1) is 18.2 Å². The summed E-state index contributed by atoms with van der Waals surface area (Å²) in [6, 6.07) is 4.92. The summed E-state index contributed by atoms with van der Waals surface area (Å²) < 4.78 is 5.90. The van der Waals surface area contributed by atoms with E-state index in [2.05, 4.69) is 5.32 Å². The molecule has 182 valence electrons. The molecule has 2 aliphatic rings. The van der Waals surface area contributed by atoms with E-state index in [1.807, 2.05) is 18.2 Å². The Morgan fingerprint density at radius 1 is 1.45 bits per heavy atom. The van der Waals surface area contributed by atoms with Crippen molar-refractivity contribution in [3.63, 3.8) is 0 Å². The minimum absolute atomic E-state index is 0.181. The highest BCUT2D eigenvalue weighted by atomic mass is 35.5. The van der Waals surface area contributed by atoms with E-state index in [-0.39, 0.29) is 13.2 Å². The zero-order valence-electron chi connectivity index (χ0n) is 19.3. The summed E-state index contributed by atoms with van der Waals surface area (Å²) in [5.41, 5.74) is 4.19. The molecule has 2 aliphatic heterocycles. The predicted molar refractivity (Wildman–Crippen MR) is 125 cm³/mol. The lowest BCUT2D eigenvalue weighted by Gasteiger charge is -2.34. The topological polar surface area (TPSA) is 137 Å². The summed E-state index contributed by atoms with van der Waals surface area (Å²) in [5.74, 6) is -0.576. The molecule has 1 fully saturated rings. The van der Waals surface area contributed by atoms with E-state index in [0.29, 0.717) is 30.3 Å². The number of nitrogens with two attached hydrogens (primary N) is 1. The number of likely N-dealkylation sites (tertiary alicyclic amines) is 1. The number of carbonyl (C=O) groups excluding carboxylic acids is 2. The van der Waals surface area contributed by atoms with Crippen molar-refractivity contribution in [2.45, 2.75) is 69.3 Å². The fourth-order valence-corrected chi connectivity index (χ4v) is 4.41. The number of ether oxygens (including phenoxy) is 1. The number of nitrogens with one attached hydrogen (secondary N) is 1. The smallest absolute Gasteiger partial charge is 0.248 e. The molecule has 3 rings (SSSR count). The first-order valence-corrected chi connectivity index (χ1v) is 11.5. The Kier molecular flexibility index (Phi) is 7.68. The van der Waals surface area contributed by atoms with Gasteiger partial charge in [0.1, 0.15) is 24.2 Å². The lowest BCUT2D eigenvalue weighted by Crippen LogP contribution is -2.61. The van der Waals surface area contributed by atoms with E-state index in [1.54, 1.807) is 11.0 Å². The summed E-state index contributed by atoms with van der Waals surface area (Å²) in [5, 5.41) is 23.9. The second kappa shape index (κ2) is 9.97. The fraction of sp³-hybridized carbons (Fsp3) is 0.609. The van der Waals surface area contributed by atoms with Crippen LogP contribution in [0.4, 0.5) is 0 Å². The van der Waals surface area contributed by atoms with Gasteiger partial charge in [0.2, 0.25) is 17.7 Å². The maximum absolute atomic E-state index is 13.4. The van der Waals surface area contributed by atoms with Crippen LogP contribution < -0.4 is 11.1 Å². The summed E-state index contributed by atoms with van der Waals surface area (Å²) in [7, 11) is 0. The number of aliphatic imine (C=N–C) groups is 1. The van der Waals surface area contributed by atoms with E-state index in [4.69, 9.17) is 27.1 Å². The van der Waals surface area contributed by atoms with Crippen molar-refractivity contribution in [1.82, 2.24) is 10.2 Å². The van der Waals surface area contributed by atoms with Gasteiger partial charge in [-0.05, 0) is 51.3 Å². The number of hydrogen-bond acceptors (Lipinski definition) is 7.